The van der Waals surface area contributed by atoms with Gasteiger partial charge in [0.2, 0.25) is 11.9 Å². The van der Waals surface area contributed by atoms with Crippen LogP contribution in [0.1, 0.15) is 16.8 Å². The Morgan fingerprint density at radius 2 is 1.78 bits per heavy atom. The Kier molecular flexibility index (Phi) is 6.42. The number of anilines is 4. The molecule has 0 aliphatic carbocycles. The molecule has 0 saturated heterocycles. The zero-order valence-corrected chi connectivity index (χ0v) is 19.0. The van der Waals surface area contributed by atoms with Crippen LogP contribution < -0.4 is 16.0 Å². The summed E-state index contributed by atoms with van der Waals surface area (Å²) in [6.07, 6.45) is 2.04. The van der Waals surface area contributed by atoms with E-state index in [1.807, 2.05) is 75.5 Å². The highest BCUT2D eigenvalue weighted by Crippen LogP contribution is 2.31. The van der Waals surface area contributed by atoms with E-state index in [-0.39, 0.29) is 5.91 Å². The Morgan fingerprint density at radius 3 is 2.53 bits per heavy atom. The highest BCUT2D eigenvalue weighted by molar-refractivity contribution is 7.19. The molecule has 2 heterocycles. The van der Waals surface area contributed by atoms with E-state index in [2.05, 4.69) is 30.9 Å². The zero-order chi connectivity index (χ0) is 22.5. The number of nitrogens with zero attached hydrogens (tertiary/aromatic N) is 3. The topological polar surface area (TPSA) is 91.8 Å². The fraction of sp³-hybridized carbons (Fsp3) is 0.167. The Hall–Kier alpha value is -3.78. The van der Waals surface area contributed by atoms with E-state index >= 15 is 0 Å². The zero-order valence-electron chi connectivity index (χ0n) is 18.1. The summed E-state index contributed by atoms with van der Waals surface area (Å²) in [5.41, 5.74) is 5.37. The van der Waals surface area contributed by atoms with E-state index in [0.29, 0.717) is 18.1 Å². The number of carbonyl (C=O) groups excluding carboxylic acids is 1. The molecule has 0 saturated carbocycles. The smallest absolute Gasteiger partial charge is 0.228 e. The van der Waals surface area contributed by atoms with Gasteiger partial charge in [-0.15, -0.1) is 0 Å². The van der Waals surface area contributed by atoms with E-state index in [0.717, 1.165) is 32.6 Å². The van der Waals surface area contributed by atoms with Crippen LogP contribution in [-0.4, -0.2) is 27.9 Å². The molecule has 3 N–H and O–H groups in total. The Balaban J connectivity index is 1.45. The van der Waals surface area contributed by atoms with Gasteiger partial charge < -0.3 is 16.0 Å². The molecule has 0 spiro atoms. The molecule has 0 atom stereocenters. The van der Waals surface area contributed by atoms with Gasteiger partial charge in [0.25, 0.3) is 0 Å². The normalized spacial score (nSPS) is 10.6. The van der Waals surface area contributed by atoms with Crippen LogP contribution in [0, 0.1) is 13.8 Å². The molecular formula is C24H24N6OS. The molecule has 0 unspecified atom stereocenters. The van der Waals surface area contributed by atoms with Crippen LogP contribution in [0.4, 0.5) is 22.5 Å². The minimum atomic E-state index is -0.0646. The van der Waals surface area contributed by atoms with E-state index < -0.39 is 0 Å². The predicted molar refractivity (Wildman–Crippen MR) is 131 cm³/mol. The molecule has 1 amide bonds. The summed E-state index contributed by atoms with van der Waals surface area (Å²) >= 11 is 1.55. The van der Waals surface area contributed by atoms with Crippen LogP contribution in [-0.2, 0) is 11.2 Å². The monoisotopic (exact) mass is 444 g/mol. The summed E-state index contributed by atoms with van der Waals surface area (Å²) in [6, 6.07) is 17.3. The van der Waals surface area contributed by atoms with Gasteiger partial charge >= 0.3 is 0 Å². The number of carbonyl (C=O) groups is 1. The second kappa shape index (κ2) is 9.57. The highest BCUT2D eigenvalue weighted by atomic mass is 32.1. The third-order valence-electron chi connectivity index (χ3n) is 4.79. The maximum atomic E-state index is 12.4. The minimum Gasteiger partial charge on any atom is -0.365 e. The van der Waals surface area contributed by atoms with Gasteiger partial charge in [-0.05, 0) is 43.7 Å². The van der Waals surface area contributed by atoms with Crippen molar-refractivity contribution in [2.75, 3.05) is 23.0 Å². The third-order valence-corrected chi connectivity index (χ3v) is 5.98. The Morgan fingerprint density at radius 1 is 1.00 bits per heavy atom. The first-order valence-corrected chi connectivity index (χ1v) is 11.0. The molecule has 0 aliphatic heterocycles. The first kappa shape index (κ1) is 21.5. The summed E-state index contributed by atoms with van der Waals surface area (Å²) in [6.45, 7) is 3.99. The Bertz CT molecular complexity index is 1240. The quantitative estimate of drug-likeness (QED) is 0.364. The van der Waals surface area contributed by atoms with Crippen LogP contribution in [0.15, 0.2) is 60.8 Å². The number of aryl methyl sites for hydroxylation is 2. The number of aromatic nitrogens is 3. The molecule has 2 aromatic carbocycles. The fourth-order valence-electron chi connectivity index (χ4n) is 3.19. The standard InChI is InChI=1S/C24H24N6OS/c1-15-7-9-17(10-8-15)13-21(31)28-18-5-4-6-19(14-18)29-23-26-12-11-20(30-23)22-16(2)27-24(25-3)32-22/h4-12,14H,13H2,1-3H3,(H,25,27)(H,28,31)(H,26,29,30). The van der Waals surface area contributed by atoms with Crippen molar-refractivity contribution < 1.29 is 4.79 Å². The second-order valence-electron chi connectivity index (χ2n) is 7.37. The van der Waals surface area contributed by atoms with Gasteiger partial charge in [0, 0.05) is 24.6 Å². The molecule has 7 nitrogen and oxygen atoms in total. The second-order valence-corrected chi connectivity index (χ2v) is 8.36. The molecule has 32 heavy (non-hydrogen) atoms. The van der Waals surface area contributed by atoms with E-state index in [4.69, 9.17) is 0 Å². The largest absolute Gasteiger partial charge is 0.365 e. The lowest BCUT2D eigenvalue weighted by Gasteiger charge is -2.09. The minimum absolute atomic E-state index is 0.0646. The van der Waals surface area contributed by atoms with Crippen LogP contribution in [0.2, 0.25) is 0 Å². The van der Waals surface area contributed by atoms with Crippen molar-refractivity contribution >= 4 is 39.7 Å². The molecule has 8 heteroatoms. The first-order chi connectivity index (χ1) is 15.5. The molecular weight excluding hydrogens is 420 g/mol. The van der Waals surface area contributed by atoms with Crippen molar-refractivity contribution in [1.29, 1.82) is 0 Å². The molecule has 2 aromatic heterocycles. The van der Waals surface area contributed by atoms with Crippen LogP contribution in [0.3, 0.4) is 0 Å². The average Bonchev–Trinajstić information content (AvgIpc) is 3.16. The van der Waals surface area contributed by atoms with Gasteiger partial charge in [-0.1, -0.05) is 47.2 Å². The molecule has 4 rings (SSSR count). The van der Waals surface area contributed by atoms with E-state index in [1.54, 1.807) is 17.5 Å². The summed E-state index contributed by atoms with van der Waals surface area (Å²) in [5.74, 6) is 0.412. The highest BCUT2D eigenvalue weighted by Gasteiger charge is 2.12. The van der Waals surface area contributed by atoms with Gasteiger partial charge in [-0.2, -0.15) is 0 Å². The summed E-state index contributed by atoms with van der Waals surface area (Å²) in [5, 5.41) is 10.1. The van der Waals surface area contributed by atoms with Gasteiger partial charge in [-0.3, -0.25) is 4.79 Å². The van der Waals surface area contributed by atoms with Gasteiger partial charge in [0.1, 0.15) is 0 Å². The average molecular weight is 445 g/mol. The van der Waals surface area contributed by atoms with Gasteiger partial charge in [-0.25, -0.2) is 15.0 Å². The number of rotatable bonds is 7. The maximum absolute atomic E-state index is 12.4. The molecule has 0 radical (unpaired) electrons. The van der Waals surface area contributed by atoms with E-state index in [1.165, 1.54) is 5.56 Å². The molecule has 4 aromatic rings. The SMILES string of the molecule is CNc1nc(C)c(-c2ccnc(Nc3cccc(NC(=O)Cc4ccc(C)cc4)c3)n2)s1. The summed E-state index contributed by atoms with van der Waals surface area (Å²) in [7, 11) is 1.85. The van der Waals surface area contributed by atoms with Crippen molar-refractivity contribution in [2.24, 2.45) is 0 Å². The van der Waals surface area contributed by atoms with Gasteiger partial charge in [0.05, 0.1) is 22.7 Å². The van der Waals surface area contributed by atoms with Gasteiger partial charge in [0.15, 0.2) is 5.13 Å². The lowest BCUT2D eigenvalue weighted by Crippen LogP contribution is -2.14. The summed E-state index contributed by atoms with van der Waals surface area (Å²) in [4.78, 5) is 26.9. The van der Waals surface area contributed by atoms with Crippen LogP contribution >= 0.6 is 11.3 Å². The third kappa shape index (κ3) is 5.28. The number of thiazole rings is 1. The molecule has 162 valence electrons. The number of nitrogens with one attached hydrogen (secondary N) is 3. The number of benzene rings is 2. The van der Waals surface area contributed by atoms with Crippen molar-refractivity contribution in [3.63, 3.8) is 0 Å². The van der Waals surface area contributed by atoms with Crippen LogP contribution in [0.5, 0.6) is 0 Å². The Labute approximate surface area is 191 Å². The van der Waals surface area contributed by atoms with Crippen molar-refractivity contribution in [2.45, 2.75) is 20.3 Å². The van der Waals surface area contributed by atoms with Crippen LogP contribution in [0.25, 0.3) is 10.6 Å². The fourth-order valence-corrected chi connectivity index (χ4v) is 4.08. The number of hydrogen-bond donors (Lipinski definition) is 3. The maximum Gasteiger partial charge on any atom is 0.228 e. The van der Waals surface area contributed by atoms with E-state index in [9.17, 15) is 4.79 Å². The molecule has 0 aliphatic rings. The number of amides is 1. The first-order valence-electron chi connectivity index (χ1n) is 10.2. The predicted octanol–water partition coefficient (Wildman–Crippen LogP) is 5.18. The van der Waals surface area contributed by atoms with Crippen molar-refractivity contribution in [1.82, 2.24) is 15.0 Å². The molecule has 0 bridgehead atoms. The number of hydrogen-bond acceptors (Lipinski definition) is 7. The summed E-state index contributed by atoms with van der Waals surface area (Å²) < 4.78 is 0. The lowest BCUT2D eigenvalue weighted by atomic mass is 10.1. The lowest BCUT2D eigenvalue weighted by molar-refractivity contribution is -0.115. The molecule has 0 fully saturated rings. The van der Waals surface area contributed by atoms with Crippen molar-refractivity contribution in [3.05, 3.63) is 77.6 Å². The van der Waals surface area contributed by atoms with Crippen molar-refractivity contribution in [3.8, 4) is 10.6 Å².